The van der Waals surface area contributed by atoms with Gasteiger partial charge >= 0.3 is 0 Å². The Morgan fingerprint density at radius 1 is 1.67 bits per heavy atom. The molecular weight excluding hydrogens is 167 g/mol. The lowest BCUT2D eigenvalue weighted by molar-refractivity contribution is -0.163. The number of methoxy groups -OCH3 is 1. The normalized spacial score (nSPS) is 48.2. The predicted molar refractivity (Wildman–Crippen MR) is 38.3 cm³/mol. The number of hydrogen-bond acceptors (Lipinski definition) is 4. The van der Waals surface area contributed by atoms with Crippen molar-refractivity contribution < 1.29 is 24.1 Å². The highest BCUT2D eigenvalue weighted by Crippen LogP contribution is 2.34. The van der Waals surface area contributed by atoms with E-state index in [9.17, 15) is 9.50 Å². The minimum Gasteiger partial charge on any atom is -0.394 e. The van der Waals surface area contributed by atoms with Crippen molar-refractivity contribution in [2.45, 2.75) is 31.1 Å². The van der Waals surface area contributed by atoms with Gasteiger partial charge in [0.05, 0.1) is 6.61 Å². The molecule has 4 atom stereocenters. The highest BCUT2D eigenvalue weighted by atomic mass is 19.1. The fourth-order valence-corrected chi connectivity index (χ4v) is 1.30. The maximum absolute atomic E-state index is 13.5. The first kappa shape index (κ1) is 9.85. The predicted octanol–water partition coefficient (Wildman–Crippen LogP) is -0.561. The molecule has 72 valence electrons. The summed E-state index contributed by atoms with van der Waals surface area (Å²) < 4.78 is 23.0. The van der Waals surface area contributed by atoms with Crippen molar-refractivity contribution >= 4 is 0 Å². The third-order valence-electron chi connectivity index (χ3n) is 2.08. The summed E-state index contributed by atoms with van der Waals surface area (Å²) in [6.07, 6.45) is -3.35. The van der Waals surface area contributed by atoms with Gasteiger partial charge in [-0.25, -0.2) is 4.39 Å². The smallest absolute Gasteiger partial charge is 0.194 e. The van der Waals surface area contributed by atoms with Crippen molar-refractivity contribution in [1.82, 2.24) is 0 Å². The van der Waals surface area contributed by atoms with Crippen LogP contribution in [0.5, 0.6) is 0 Å². The molecule has 0 radical (unpaired) electrons. The lowest BCUT2D eigenvalue weighted by atomic mass is 10.00. The summed E-state index contributed by atoms with van der Waals surface area (Å²) in [7, 11) is 1.29. The van der Waals surface area contributed by atoms with Crippen molar-refractivity contribution in [2.75, 3.05) is 13.7 Å². The average Bonchev–Trinajstić information content (AvgIpc) is 2.25. The summed E-state index contributed by atoms with van der Waals surface area (Å²) in [6, 6.07) is 0. The molecule has 0 aromatic carbocycles. The zero-order valence-electron chi connectivity index (χ0n) is 7.03. The quantitative estimate of drug-likeness (QED) is 0.598. The molecule has 0 spiro atoms. The molecule has 0 aliphatic carbocycles. The Morgan fingerprint density at radius 2 is 2.25 bits per heavy atom. The van der Waals surface area contributed by atoms with Crippen molar-refractivity contribution in [3.8, 4) is 0 Å². The van der Waals surface area contributed by atoms with Gasteiger partial charge in [-0.15, -0.1) is 0 Å². The number of halogens is 1. The second-order valence-corrected chi connectivity index (χ2v) is 3.02. The van der Waals surface area contributed by atoms with Crippen LogP contribution in [0, 0.1) is 0 Å². The van der Waals surface area contributed by atoms with Gasteiger partial charge in [-0.3, -0.25) is 0 Å². The molecule has 0 aromatic heterocycles. The molecule has 1 aliphatic heterocycles. The summed E-state index contributed by atoms with van der Waals surface area (Å²) in [4.78, 5) is 0. The second kappa shape index (κ2) is 3.26. The van der Waals surface area contributed by atoms with E-state index >= 15 is 0 Å². The van der Waals surface area contributed by atoms with E-state index in [0.29, 0.717) is 0 Å². The zero-order valence-corrected chi connectivity index (χ0v) is 7.03. The van der Waals surface area contributed by atoms with Crippen LogP contribution in [-0.4, -0.2) is 48.1 Å². The van der Waals surface area contributed by atoms with E-state index in [0.717, 1.165) is 0 Å². The summed E-state index contributed by atoms with van der Waals surface area (Å²) in [5.41, 5.74) is -1.96. The number of alkyl halides is 1. The molecule has 5 heteroatoms. The molecule has 0 aromatic rings. The summed E-state index contributed by atoms with van der Waals surface area (Å²) in [6.45, 7) is 0.766. The number of hydrogen-bond donors (Lipinski definition) is 2. The van der Waals surface area contributed by atoms with E-state index in [-0.39, 0.29) is 0 Å². The first-order chi connectivity index (χ1) is 5.54. The SMILES string of the molecule is CO[C@@H]1O[C@H](CO)[C@H](O)C1(C)F. The second-order valence-electron chi connectivity index (χ2n) is 3.02. The fraction of sp³-hybridized carbons (Fsp3) is 1.00. The van der Waals surface area contributed by atoms with E-state index in [1.807, 2.05) is 0 Å². The molecule has 12 heavy (non-hydrogen) atoms. The van der Waals surface area contributed by atoms with Crippen molar-refractivity contribution in [3.63, 3.8) is 0 Å². The molecule has 1 unspecified atom stereocenters. The van der Waals surface area contributed by atoms with Crippen LogP contribution in [0.2, 0.25) is 0 Å². The summed E-state index contributed by atoms with van der Waals surface area (Å²) in [5.74, 6) is 0. The first-order valence-corrected chi connectivity index (χ1v) is 3.70. The van der Waals surface area contributed by atoms with Gasteiger partial charge in [0, 0.05) is 7.11 Å². The number of aliphatic hydroxyl groups excluding tert-OH is 2. The minimum atomic E-state index is -1.96. The van der Waals surface area contributed by atoms with Gasteiger partial charge in [0.1, 0.15) is 12.2 Å². The van der Waals surface area contributed by atoms with Gasteiger partial charge in [0.15, 0.2) is 12.0 Å². The van der Waals surface area contributed by atoms with E-state index in [4.69, 9.17) is 9.84 Å². The molecule has 1 aliphatic rings. The van der Waals surface area contributed by atoms with Crippen LogP contribution in [0.3, 0.4) is 0 Å². The van der Waals surface area contributed by atoms with Gasteiger partial charge < -0.3 is 19.7 Å². The molecule has 1 rings (SSSR count). The van der Waals surface area contributed by atoms with Gasteiger partial charge in [-0.05, 0) is 6.92 Å². The first-order valence-electron chi connectivity index (χ1n) is 3.70. The maximum Gasteiger partial charge on any atom is 0.194 e. The molecular formula is C7H13FO4. The van der Waals surface area contributed by atoms with Crippen LogP contribution < -0.4 is 0 Å². The lowest BCUT2D eigenvalue weighted by Gasteiger charge is -2.21. The molecule has 0 amide bonds. The Kier molecular flexibility index (Phi) is 2.67. The summed E-state index contributed by atoms with van der Waals surface area (Å²) >= 11 is 0. The Hall–Kier alpha value is -0.230. The van der Waals surface area contributed by atoms with Crippen molar-refractivity contribution in [3.05, 3.63) is 0 Å². The van der Waals surface area contributed by atoms with Crippen LogP contribution in [-0.2, 0) is 9.47 Å². The number of aliphatic hydroxyl groups is 2. The number of rotatable bonds is 2. The third-order valence-corrected chi connectivity index (χ3v) is 2.08. The molecule has 1 fully saturated rings. The van der Waals surface area contributed by atoms with Gasteiger partial charge in [-0.1, -0.05) is 0 Å². The maximum atomic E-state index is 13.5. The minimum absolute atomic E-state index is 0.416. The topological polar surface area (TPSA) is 58.9 Å². The monoisotopic (exact) mass is 180 g/mol. The van der Waals surface area contributed by atoms with E-state index in [1.54, 1.807) is 0 Å². The van der Waals surface area contributed by atoms with Gasteiger partial charge in [-0.2, -0.15) is 0 Å². The van der Waals surface area contributed by atoms with Crippen molar-refractivity contribution in [2.24, 2.45) is 0 Å². The lowest BCUT2D eigenvalue weighted by Crippen LogP contribution is -2.42. The van der Waals surface area contributed by atoms with E-state index < -0.39 is 30.8 Å². The highest BCUT2D eigenvalue weighted by molar-refractivity contribution is 4.97. The van der Waals surface area contributed by atoms with E-state index in [1.165, 1.54) is 14.0 Å². The fourth-order valence-electron chi connectivity index (χ4n) is 1.30. The Balaban J connectivity index is 2.73. The van der Waals surface area contributed by atoms with Crippen LogP contribution in [0.15, 0.2) is 0 Å². The van der Waals surface area contributed by atoms with Gasteiger partial charge in [0.25, 0.3) is 0 Å². The summed E-state index contributed by atoms with van der Waals surface area (Å²) in [5, 5.41) is 18.0. The Labute approximate surface area is 69.9 Å². The van der Waals surface area contributed by atoms with Crippen LogP contribution in [0.4, 0.5) is 4.39 Å². The zero-order chi connectivity index (χ0) is 9.35. The van der Waals surface area contributed by atoms with E-state index in [2.05, 4.69) is 4.74 Å². The van der Waals surface area contributed by atoms with Crippen LogP contribution in [0.1, 0.15) is 6.92 Å². The average molecular weight is 180 g/mol. The molecule has 2 N–H and O–H groups in total. The largest absolute Gasteiger partial charge is 0.394 e. The molecule has 1 saturated heterocycles. The molecule has 0 saturated carbocycles. The molecule has 0 bridgehead atoms. The number of ether oxygens (including phenoxy) is 2. The standard InChI is InChI=1S/C7H13FO4/c1-7(8)5(10)4(3-9)12-6(7)11-2/h4-6,9-10H,3H2,1-2H3/t4-,5+,6-,7?/m1/s1. The molecule has 4 nitrogen and oxygen atoms in total. The van der Waals surface area contributed by atoms with Gasteiger partial charge in [0.2, 0.25) is 0 Å². The third kappa shape index (κ3) is 1.33. The highest BCUT2D eigenvalue weighted by Gasteiger charge is 2.54. The Morgan fingerprint density at radius 3 is 2.50 bits per heavy atom. The van der Waals surface area contributed by atoms with Crippen molar-refractivity contribution in [1.29, 1.82) is 0 Å². The molecule has 1 heterocycles. The Bertz CT molecular complexity index is 157. The van der Waals surface area contributed by atoms with Crippen LogP contribution in [0.25, 0.3) is 0 Å². The van der Waals surface area contributed by atoms with Crippen LogP contribution >= 0.6 is 0 Å².